The lowest BCUT2D eigenvalue weighted by Crippen LogP contribution is -2.49. The Bertz CT molecular complexity index is 209. The van der Waals surface area contributed by atoms with Gasteiger partial charge in [-0.3, -0.25) is 0 Å². The van der Waals surface area contributed by atoms with Gasteiger partial charge in [0.1, 0.15) is 5.60 Å². The molecule has 0 fully saturated rings. The van der Waals surface area contributed by atoms with E-state index in [4.69, 9.17) is 10.5 Å². The van der Waals surface area contributed by atoms with Crippen LogP contribution in [0.3, 0.4) is 0 Å². The molecule has 0 spiro atoms. The van der Waals surface area contributed by atoms with Gasteiger partial charge in [-0.25, -0.2) is 4.79 Å². The number of alkyl carbamates (subject to hydrolysis) is 1. The number of carbonyl (C=O) groups excluding carboxylic acids is 1. The second-order valence-electron chi connectivity index (χ2n) is 5.26. The highest BCUT2D eigenvalue weighted by Gasteiger charge is 2.21. The molecule has 0 radical (unpaired) electrons. The predicted octanol–water partition coefficient (Wildman–Crippen LogP) is 1.88. The van der Waals surface area contributed by atoms with Crippen LogP contribution in [0.15, 0.2) is 0 Å². The molecular formula is C11H24N2O2. The fraction of sp³-hybridized carbons (Fsp3) is 0.909. The van der Waals surface area contributed by atoms with Crippen molar-refractivity contribution in [1.29, 1.82) is 0 Å². The van der Waals surface area contributed by atoms with Crippen LogP contribution in [0.5, 0.6) is 0 Å². The number of rotatable bonds is 3. The Kier molecular flexibility index (Phi) is 5.08. The molecule has 0 aliphatic rings. The normalized spacial score (nSPS) is 16.0. The van der Waals surface area contributed by atoms with Crippen molar-refractivity contribution in [3.05, 3.63) is 0 Å². The summed E-state index contributed by atoms with van der Waals surface area (Å²) in [5.41, 5.74) is 5.44. The summed E-state index contributed by atoms with van der Waals surface area (Å²) < 4.78 is 5.13. The first-order valence-corrected chi connectivity index (χ1v) is 5.38. The summed E-state index contributed by atoms with van der Waals surface area (Å²) in [7, 11) is 0. The SMILES string of the molecule is CC(C)[C@@H](N)[C@H](C)NC(=O)OC(C)(C)C. The van der Waals surface area contributed by atoms with E-state index in [1.165, 1.54) is 0 Å². The molecule has 1 amide bonds. The number of hydrogen-bond donors (Lipinski definition) is 2. The van der Waals surface area contributed by atoms with Crippen LogP contribution in [0.1, 0.15) is 41.5 Å². The first kappa shape index (κ1) is 14.2. The number of hydrogen-bond acceptors (Lipinski definition) is 3. The van der Waals surface area contributed by atoms with Gasteiger partial charge < -0.3 is 15.8 Å². The minimum absolute atomic E-state index is 0.0579. The van der Waals surface area contributed by atoms with E-state index in [0.29, 0.717) is 5.92 Å². The van der Waals surface area contributed by atoms with E-state index in [1.807, 2.05) is 41.5 Å². The lowest BCUT2D eigenvalue weighted by Gasteiger charge is -2.26. The molecule has 90 valence electrons. The van der Waals surface area contributed by atoms with E-state index in [1.54, 1.807) is 0 Å². The summed E-state index contributed by atoms with van der Waals surface area (Å²) in [6.45, 7) is 11.4. The standard InChI is InChI=1S/C11H24N2O2/c1-7(2)9(12)8(3)13-10(14)15-11(4,5)6/h7-9H,12H2,1-6H3,(H,13,14)/t8-,9+/m0/s1. The van der Waals surface area contributed by atoms with Crippen molar-refractivity contribution in [3.8, 4) is 0 Å². The number of nitrogens with one attached hydrogen (secondary N) is 1. The van der Waals surface area contributed by atoms with Gasteiger partial charge >= 0.3 is 6.09 Å². The Morgan fingerprint density at radius 3 is 2.07 bits per heavy atom. The molecule has 4 nitrogen and oxygen atoms in total. The fourth-order valence-electron chi connectivity index (χ4n) is 1.17. The van der Waals surface area contributed by atoms with Gasteiger partial charge in [0, 0.05) is 12.1 Å². The lowest BCUT2D eigenvalue weighted by atomic mass is 9.99. The third kappa shape index (κ3) is 6.33. The molecule has 2 atom stereocenters. The molecular weight excluding hydrogens is 192 g/mol. The number of nitrogens with two attached hydrogens (primary N) is 1. The van der Waals surface area contributed by atoms with Crippen LogP contribution in [0.25, 0.3) is 0 Å². The first-order chi connectivity index (χ1) is 6.63. The summed E-state index contributed by atoms with van der Waals surface area (Å²) in [5, 5.41) is 2.73. The Morgan fingerprint density at radius 1 is 1.27 bits per heavy atom. The zero-order chi connectivity index (χ0) is 12.2. The van der Waals surface area contributed by atoms with E-state index in [2.05, 4.69) is 5.32 Å². The van der Waals surface area contributed by atoms with Gasteiger partial charge in [0.2, 0.25) is 0 Å². The van der Waals surface area contributed by atoms with Gasteiger partial charge in [-0.15, -0.1) is 0 Å². The average Bonchev–Trinajstić information content (AvgIpc) is 1.98. The summed E-state index contributed by atoms with van der Waals surface area (Å²) in [5.74, 6) is 0.329. The van der Waals surface area contributed by atoms with Gasteiger partial charge in [-0.2, -0.15) is 0 Å². The third-order valence-corrected chi connectivity index (χ3v) is 2.09. The van der Waals surface area contributed by atoms with Crippen LogP contribution < -0.4 is 11.1 Å². The zero-order valence-corrected chi connectivity index (χ0v) is 10.6. The topological polar surface area (TPSA) is 64.3 Å². The maximum Gasteiger partial charge on any atom is 0.407 e. The molecule has 0 heterocycles. The quantitative estimate of drug-likeness (QED) is 0.757. The summed E-state index contributed by atoms with van der Waals surface area (Å²) in [4.78, 5) is 11.4. The molecule has 0 aromatic rings. The molecule has 0 saturated carbocycles. The second-order valence-corrected chi connectivity index (χ2v) is 5.26. The van der Waals surface area contributed by atoms with E-state index < -0.39 is 11.7 Å². The Morgan fingerprint density at radius 2 is 1.73 bits per heavy atom. The smallest absolute Gasteiger partial charge is 0.407 e. The van der Waals surface area contributed by atoms with Crippen LogP contribution >= 0.6 is 0 Å². The van der Waals surface area contributed by atoms with Gasteiger partial charge in [-0.1, -0.05) is 13.8 Å². The van der Waals surface area contributed by atoms with Crippen molar-refractivity contribution in [3.63, 3.8) is 0 Å². The average molecular weight is 216 g/mol. The monoisotopic (exact) mass is 216 g/mol. The van der Waals surface area contributed by atoms with Crippen LogP contribution in [0, 0.1) is 5.92 Å². The van der Waals surface area contributed by atoms with Gasteiger partial charge in [0.05, 0.1) is 0 Å². The van der Waals surface area contributed by atoms with Crippen molar-refractivity contribution in [2.75, 3.05) is 0 Å². The van der Waals surface area contributed by atoms with Gasteiger partial charge in [0.25, 0.3) is 0 Å². The van der Waals surface area contributed by atoms with Gasteiger partial charge in [-0.05, 0) is 33.6 Å². The Hall–Kier alpha value is -0.770. The largest absolute Gasteiger partial charge is 0.444 e. The lowest BCUT2D eigenvalue weighted by molar-refractivity contribution is 0.0497. The van der Waals surface area contributed by atoms with Crippen LogP contribution in [0.4, 0.5) is 4.79 Å². The highest BCUT2D eigenvalue weighted by molar-refractivity contribution is 5.68. The molecule has 0 aromatic heterocycles. The zero-order valence-electron chi connectivity index (χ0n) is 10.6. The number of ether oxygens (including phenoxy) is 1. The van der Waals surface area contributed by atoms with Crippen molar-refractivity contribution in [1.82, 2.24) is 5.32 Å². The molecule has 0 aliphatic heterocycles. The van der Waals surface area contributed by atoms with Crippen molar-refractivity contribution in [2.45, 2.75) is 59.2 Å². The molecule has 0 unspecified atom stereocenters. The van der Waals surface area contributed by atoms with E-state index in [0.717, 1.165) is 0 Å². The van der Waals surface area contributed by atoms with E-state index in [-0.39, 0.29) is 12.1 Å². The highest BCUT2D eigenvalue weighted by Crippen LogP contribution is 2.08. The molecule has 15 heavy (non-hydrogen) atoms. The molecule has 3 N–H and O–H groups in total. The molecule has 0 aliphatic carbocycles. The minimum Gasteiger partial charge on any atom is -0.444 e. The Labute approximate surface area is 92.6 Å². The van der Waals surface area contributed by atoms with Crippen LogP contribution in [-0.4, -0.2) is 23.8 Å². The third-order valence-electron chi connectivity index (χ3n) is 2.09. The highest BCUT2D eigenvalue weighted by atomic mass is 16.6. The summed E-state index contributed by atoms with van der Waals surface area (Å²) in [6, 6.07) is -0.141. The summed E-state index contributed by atoms with van der Waals surface area (Å²) >= 11 is 0. The molecule has 0 rings (SSSR count). The Balaban J connectivity index is 4.08. The maximum absolute atomic E-state index is 11.4. The first-order valence-electron chi connectivity index (χ1n) is 5.38. The predicted molar refractivity (Wildman–Crippen MR) is 61.6 cm³/mol. The fourth-order valence-corrected chi connectivity index (χ4v) is 1.17. The second kappa shape index (κ2) is 5.35. The van der Waals surface area contributed by atoms with Crippen LogP contribution in [0.2, 0.25) is 0 Å². The van der Waals surface area contributed by atoms with Crippen molar-refractivity contribution in [2.24, 2.45) is 11.7 Å². The molecule has 0 aromatic carbocycles. The van der Waals surface area contributed by atoms with Crippen molar-refractivity contribution < 1.29 is 9.53 Å². The van der Waals surface area contributed by atoms with Gasteiger partial charge in [0.15, 0.2) is 0 Å². The molecule has 0 bridgehead atoms. The summed E-state index contributed by atoms with van der Waals surface area (Å²) in [6.07, 6.45) is -0.411. The van der Waals surface area contributed by atoms with Crippen LogP contribution in [-0.2, 0) is 4.74 Å². The minimum atomic E-state index is -0.467. The van der Waals surface area contributed by atoms with E-state index >= 15 is 0 Å². The van der Waals surface area contributed by atoms with E-state index in [9.17, 15) is 4.79 Å². The number of carbonyl (C=O) groups is 1. The molecule has 4 heteroatoms. The maximum atomic E-state index is 11.4. The van der Waals surface area contributed by atoms with Crippen molar-refractivity contribution >= 4 is 6.09 Å². The number of amides is 1. The molecule has 0 saturated heterocycles.